The zero-order chi connectivity index (χ0) is 21.2. The molecule has 0 aromatic rings. The Balaban J connectivity index is 5.33. The Morgan fingerprint density at radius 1 is 0.481 bits per heavy atom. The van der Waals surface area contributed by atoms with E-state index in [4.69, 9.17) is 8.85 Å². The molecule has 164 valence electrons. The Morgan fingerprint density at radius 3 is 0.926 bits per heavy atom. The summed E-state index contributed by atoms with van der Waals surface area (Å²) < 4.78 is 13.7. The van der Waals surface area contributed by atoms with Gasteiger partial charge < -0.3 is 8.85 Å². The van der Waals surface area contributed by atoms with Crippen molar-refractivity contribution in [3.05, 3.63) is 0 Å². The van der Waals surface area contributed by atoms with Crippen LogP contribution in [0.1, 0.15) is 101 Å². The molecule has 27 heavy (non-hydrogen) atoms. The van der Waals surface area contributed by atoms with Crippen LogP contribution in [0.2, 0.25) is 36.3 Å². The SMILES string of the molecule is CCC[Si](CCC)(CCC[Si](CCC)(CCC)OC(C)(C)C)OC(C)(C)C. The zero-order valence-electron chi connectivity index (χ0n) is 20.6. The molecule has 0 aromatic carbocycles. The van der Waals surface area contributed by atoms with Gasteiger partial charge in [-0.05, 0) is 77.8 Å². The topological polar surface area (TPSA) is 18.5 Å². The highest BCUT2D eigenvalue weighted by Gasteiger charge is 2.40. The van der Waals surface area contributed by atoms with E-state index in [0.717, 1.165) is 0 Å². The first kappa shape index (κ1) is 27.4. The quantitative estimate of drug-likeness (QED) is 0.264. The van der Waals surface area contributed by atoms with Crippen molar-refractivity contribution < 1.29 is 8.85 Å². The zero-order valence-corrected chi connectivity index (χ0v) is 22.6. The van der Waals surface area contributed by atoms with Gasteiger partial charge in [0.2, 0.25) is 0 Å². The summed E-state index contributed by atoms with van der Waals surface area (Å²) in [6.07, 6.45) is 6.34. The maximum atomic E-state index is 6.86. The molecule has 0 unspecified atom stereocenters. The Morgan fingerprint density at radius 2 is 0.741 bits per heavy atom. The fraction of sp³-hybridized carbons (Fsp3) is 1.00. The maximum absolute atomic E-state index is 6.86. The van der Waals surface area contributed by atoms with Gasteiger partial charge in [-0.3, -0.25) is 0 Å². The van der Waals surface area contributed by atoms with Crippen LogP contribution in [0.25, 0.3) is 0 Å². The van der Waals surface area contributed by atoms with Crippen molar-refractivity contribution in [2.75, 3.05) is 0 Å². The lowest BCUT2D eigenvalue weighted by molar-refractivity contribution is 0.112. The molecule has 0 amide bonds. The van der Waals surface area contributed by atoms with Crippen LogP contribution < -0.4 is 0 Å². The van der Waals surface area contributed by atoms with Crippen molar-refractivity contribution >= 4 is 16.6 Å². The average molecular weight is 417 g/mol. The van der Waals surface area contributed by atoms with Crippen LogP contribution in [0.5, 0.6) is 0 Å². The minimum absolute atomic E-state index is 0.0141. The summed E-state index contributed by atoms with van der Waals surface area (Å²) in [7, 11) is -3.34. The Labute approximate surface area is 174 Å². The summed E-state index contributed by atoms with van der Waals surface area (Å²) in [6, 6.07) is 7.90. The van der Waals surface area contributed by atoms with E-state index in [1.165, 1.54) is 68.4 Å². The molecule has 0 fully saturated rings. The minimum Gasteiger partial charge on any atom is -0.412 e. The fourth-order valence-electron chi connectivity index (χ4n) is 4.91. The van der Waals surface area contributed by atoms with Gasteiger partial charge in [-0.15, -0.1) is 0 Å². The van der Waals surface area contributed by atoms with Crippen LogP contribution >= 0.6 is 0 Å². The average Bonchev–Trinajstić information content (AvgIpc) is 2.44. The number of hydrogen-bond donors (Lipinski definition) is 0. The third kappa shape index (κ3) is 11.8. The van der Waals surface area contributed by atoms with Crippen molar-refractivity contribution in [2.24, 2.45) is 0 Å². The van der Waals surface area contributed by atoms with Gasteiger partial charge in [-0.2, -0.15) is 0 Å². The van der Waals surface area contributed by atoms with Gasteiger partial charge in [0.15, 0.2) is 16.6 Å². The van der Waals surface area contributed by atoms with E-state index in [1.807, 2.05) is 0 Å². The van der Waals surface area contributed by atoms with E-state index >= 15 is 0 Å². The van der Waals surface area contributed by atoms with E-state index < -0.39 is 16.6 Å². The normalized spacial score (nSPS) is 14.0. The van der Waals surface area contributed by atoms with Crippen molar-refractivity contribution in [3.63, 3.8) is 0 Å². The lowest BCUT2D eigenvalue weighted by Crippen LogP contribution is -2.46. The van der Waals surface area contributed by atoms with Crippen molar-refractivity contribution in [1.29, 1.82) is 0 Å². The largest absolute Gasteiger partial charge is 0.412 e. The van der Waals surface area contributed by atoms with Crippen LogP contribution in [-0.2, 0) is 8.85 Å². The molecule has 0 aliphatic carbocycles. The Kier molecular flexibility index (Phi) is 12.3. The second kappa shape index (κ2) is 12.1. The molecule has 2 nitrogen and oxygen atoms in total. The van der Waals surface area contributed by atoms with Gasteiger partial charge in [0.05, 0.1) is 0 Å². The monoisotopic (exact) mass is 416 g/mol. The van der Waals surface area contributed by atoms with E-state index in [2.05, 4.69) is 69.2 Å². The van der Waals surface area contributed by atoms with Gasteiger partial charge in [-0.25, -0.2) is 0 Å². The molecule has 0 aliphatic heterocycles. The number of rotatable bonds is 14. The van der Waals surface area contributed by atoms with Crippen LogP contribution in [0.3, 0.4) is 0 Å². The van der Waals surface area contributed by atoms with E-state index in [0.29, 0.717) is 0 Å². The molecule has 0 rings (SSSR count). The Bertz CT molecular complexity index is 335. The van der Waals surface area contributed by atoms with Crippen LogP contribution in [0.15, 0.2) is 0 Å². The first-order valence-electron chi connectivity index (χ1n) is 11.8. The first-order valence-corrected chi connectivity index (χ1v) is 16.8. The molecule has 0 aromatic heterocycles. The molecule has 0 saturated carbocycles. The summed E-state index contributed by atoms with van der Waals surface area (Å²) in [6.45, 7) is 22.8. The molecule has 0 atom stereocenters. The lowest BCUT2D eigenvalue weighted by atomic mass is 10.2. The smallest absolute Gasteiger partial charge is 0.193 e. The van der Waals surface area contributed by atoms with Crippen LogP contribution in [0, 0.1) is 0 Å². The van der Waals surface area contributed by atoms with Gasteiger partial charge in [0.25, 0.3) is 0 Å². The Hall–Kier alpha value is 0.354. The van der Waals surface area contributed by atoms with Gasteiger partial charge >= 0.3 is 0 Å². The molecule has 4 heteroatoms. The van der Waals surface area contributed by atoms with Gasteiger partial charge in [0.1, 0.15) is 0 Å². The summed E-state index contributed by atoms with van der Waals surface area (Å²) in [5.41, 5.74) is -0.0281. The molecule has 0 radical (unpaired) electrons. The molecule has 0 spiro atoms. The third-order valence-corrected chi connectivity index (χ3v) is 15.4. The van der Waals surface area contributed by atoms with Crippen LogP contribution in [-0.4, -0.2) is 27.8 Å². The molecular weight excluding hydrogens is 364 g/mol. The van der Waals surface area contributed by atoms with Crippen molar-refractivity contribution in [2.45, 2.75) is 149 Å². The molecule has 0 N–H and O–H groups in total. The highest BCUT2D eigenvalue weighted by Crippen LogP contribution is 2.37. The second-order valence-electron chi connectivity index (χ2n) is 10.6. The molecule has 0 aliphatic rings. The fourth-order valence-corrected chi connectivity index (χ4v) is 15.3. The highest BCUT2D eigenvalue weighted by molar-refractivity contribution is 6.75. The van der Waals surface area contributed by atoms with E-state index in [1.54, 1.807) is 0 Å². The summed E-state index contributed by atoms with van der Waals surface area (Å²) in [5.74, 6) is 0. The van der Waals surface area contributed by atoms with Crippen LogP contribution in [0.4, 0.5) is 0 Å². The predicted molar refractivity (Wildman–Crippen MR) is 128 cm³/mol. The number of hydrogen-bond acceptors (Lipinski definition) is 2. The maximum Gasteiger partial charge on any atom is 0.193 e. The highest BCUT2D eigenvalue weighted by atomic mass is 28.4. The molecule has 0 heterocycles. The molecule has 0 bridgehead atoms. The molecular formula is C23H52O2Si2. The third-order valence-electron chi connectivity index (χ3n) is 5.13. The lowest BCUT2D eigenvalue weighted by Gasteiger charge is -2.41. The standard InChI is InChI=1S/C23H52O2Si2/c1-11-16-26(17-12-2,24-22(5,6)7)20-15-21-27(18-13-3,19-14-4)25-23(8,9)10/h11-21H2,1-10H3. The summed E-state index contributed by atoms with van der Waals surface area (Å²) in [5, 5.41) is 0. The molecule has 0 saturated heterocycles. The second-order valence-corrected chi connectivity index (χ2v) is 18.8. The predicted octanol–water partition coefficient (Wildman–Crippen LogP) is 8.54. The minimum atomic E-state index is -1.67. The van der Waals surface area contributed by atoms with E-state index in [-0.39, 0.29) is 11.2 Å². The van der Waals surface area contributed by atoms with Gasteiger partial charge in [0, 0.05) is 11.2 Å². The van der Waals surface area contributed by atoms with Crippen molar-refractivity contribution in [3.8, 4) is 0 Å². The first-order chi connectivity index (χ1) is 12.4. The summed E-state index contributed by atoms with van der Waals surface area (Å²) >= 11 is 0. The van der Waals surface area contributed by atoms with E-state index in [9.17, 15) is 0 Å². The van der Waals surface area contributed by atoms with Gasteiger partial charge in [-0.1, -0.05) is 59.8 Å². The van der Waals surface area contributed by atoms with Crippen molar-refractivity contribution in [1.82, 2.24) is 0 Å². The summed E-state index contributed by atoms with van der Waals surface area (Å²) in [4.78, 5) is 0.